The topological polar surface area (TPSA) is 17.1 Å². The molecule has 0 saturated heterocycles. The first kappa shape index (κ1) is 11.9. The molecule has 0 aromatic heterocycles. The van der Waals surface area contributed by atoms with Crippen molar-refractivity contribution >= 4 is 17.9 Å². The zero-order valence-electron chi connectivity index (χ0n) is 11.0. The van der Waals surface area contributed by atoms with E-state index in [0.717, 1.165) is 0 Å². The number of hydrogen-bond donors (Lipinski definition) is 0. The molecule has 94 valence electrons. The van der Waals surface area contributed by atoms with E-state index in [4.69, 9.17) is 0 Å². The van der Waals surface area contributed by atoms with Gasteiger partial charge in [-0.1, -0.05) is 60.7 Å². The van der Waals surface area contributed by atoms with Gasteiger partial charge in [-0.3, -0.25) is 4.79 Å². The lowest BCUT2D eigenvalue weighted by Crippen LogP contribution is -2.08. The molecule has 0 N–H and O–H groups in total. The Morgan fingerprint density at radius 1 is 0.895 bits per heavy atom. The van der Waals surface area contributed by atoms with Crippen molar-refractivity contribution in [1.82, 2.24) is 0 Å². The zero-order chi connectivity index (χ0) is 13.2. The minimum atomic E-state index is 0.167. The molecule has 0 bridgehead atoms. The van der Waals surface area contributed by atoms with Gasteiger partial charge in [-0.15, -0.1) is 0 Å². The number of Topliss-reactive ketones (excluding diaryl/α,β-unsaturated/α-hetero) is 1. The summed E-state index contributed by atoms with van der Waals surface area (Å²) in [6.07, 6.45) is 4.86. The normalized spacial score (nSPS) is 13.5. The van der Waals surface area contributed by atoms with Crippen LogP contribution in [0, 0.1) is 0 Å². The Balaban J connectivity index is 2.21. The molecule has 0 heterocycles. The molecule has 1 aliphatic rings. The second-order valence-electron chi connectivity index (χ2n) is 5.05. The van der Waals surface area contributed by atoms with E-state index < -0.39 is 0 Å². The molecular formula is C18H16O. The molecule has 2 aromatic rings. The first-order chi connectivity index (χ1) is 9.25. The Kier molecular flexibility index (Phi) is 3.04. The molecular weight excluding hydrogens is 232 g/mol. The zero-order valence-corrected chi connectivity index (χ0v) is 11.0. The van der Waals surface area contributed by atoms with E-state index >= 15 is 0 Å². The molecule has 0 saturated carbocycles. The van der Waals surface area contributed by atoms with Gasteiger partial charge < -0.3 is 0 Å². The van der Waals surface area contributed by atoms with Crippen molar-refractivity contribution in [3.8, 4) is 0 Å². The molecule has 2 aromatic carbocycles. The first-order valence-electron chi connectivity index (χ1n) is 6.61. The van der Waals surface area contributed by atoms with Crippen molar-refractivity contribution in [3.05, 3.63) is 70.8 Å². The fourth-order valence-electron chi connectivity index (χ4n) is 2.81. The summed E-state index contributed by atoms with van der Waals surface area (Å²) in [5.41, 5.74) is 4.92. The van der Waals surface area contributed by atoms with E-state index in [1.165, 1.54) is 22.3 Å². The summed E-state index contributed by atoms with van der Waals surface area (Å²) in [6, 6.07) is 16.7. The monoisotopic (exact) mass is 248 g/mol. The maximum atomic E-state index is 11.6. The molecule has 1 nitrogen and oxygen atoms in total. The van der Waals surface area contributed by atoms with Crippen LogP contribution in [0.15, 0.2) is 48.5 Å². The Labute approximate surface area is 113 Å². The predicted octanol–water partition coefficient (Wildman–Crippen LogP) is 4.28. The fraction of sp³-hybridized carbons (Fsp3) is 0.167. The van der Waals surface area contributed by atoms with Crippen LogP contribution < -0.4 is 0 Å². The number of carbonyl (C=O) groups is 1. The van der Waals surface area contributed by atoms with Gasteiger partial charge >= 0.3 is 0 Å². The van der Waals surface area contributed by atoms with Crippen LogP contribution in [0.25, 0.3) is 12.2 Å². The highest BCUT2D eigenvalue weighted by atomic mass is 16.1. The number of ketones is 1. The minimum absolute atomic E-state index is 0.167. The van der Waals surface area contributed by atoms with Gasteiger partial charge in [0.2, 0.25) is 0 Å². The van der Waals surface area contributed by atoms with Gasteiger partial charge in [0.15, 0.2) is 0 Å². The van der Waals surface area contributed by atoms with Gasteiger partial charge in [0.25, 0.3) is 0 Å². The summed E-state index contributed by atoms with van der Waals surface area (Å²) >= 11 is 0. The summed E-state index contributed by atoms with van der Waals surface area (Å²) < 4.78 is 0. The smallest absolute Gasteiger partial charge is 0.130 e. The fourth-order valence-corrected chi connectivity index (χ4v) is 2.81. The van der Waals surface area contributed by atoms with Gasteiger partial charge in [0.05, 0.1) is 0 Å². The van der Waals surface area contributed by atoms with E-state index in [9.17, 15) is 4.79 Å². The lowest BCUT2D eigenvalue weighted by atomic mass is 9.84. The summed E-state index contributed by atoms with van der Waals surface area (Å²) in [4.78, 5) is 11.6. The summed E-state index contributed by atoms with van der Waals surface area (Å²) in [5.74, 6) is 0.399. The standard InChI is InChI=1S/C18H16O/c1-13(19)12-18-16-8-4-2-6-14(16)10-11-15-7-3-5-9-17(15)18/h2-11,18H,12H2,1H3. The predicted molar refractivity (Wildman–Crippen MR) is 79.0 cm³/mol. The number of hydrogen-bond acceptors (Lipinski definition) is 1. The second-order valence-corrected chi connectivity index (χ2v) is 5.05. The van der Waals surface area contributed by atoms with Gasteiger partial charge in [-0.05, 0) is 29.2 Å². The Morgan fingerprint density at radius 3 is 1.84 bits per heavy atom. The second kappa shape index (κ2) is 4.85. The third-order valence-electron chi connectivity index (χ3n) is 3.68. The van der Waals surface area contributed by atoms with E-state index in [1.54, 1.807) is 6.92 Å². The Morgan fingerprint density at radius 2 is 1.37 bits per heavy atom. The van der Waals surface area contributed by atoms with E-state index in [-0.39, 0.29) is 11.7 Å². The van der Waals surface area contributed by atoms with Gasteiger partial charge in [-0.25, -0.2) is 0 Å². The maximum Gasteiger partial charge on any atom is 0.130 e. The number of carbonyl (C=O) groups excluding carboxylic acids is 1. The molecule has 0 atom stereocenters. The van der Waals surface area contributed by atoms with Gasteiger partial charge in [0, 0.05) is 12.3 Å². The average Bonchev–Trinajstić information content (AvgIpc) is 2.57. The van der Waals surface area contributed by atoms with Crippen LogP contribution in [-0.2, 0) is 4.79 Å². The molecule has 0 fully saturated rings. The van der Waals surface area contributed by atoms with Crippen LogP contribution in [0.1, 0.15) is 41.5 Å². The summed E-state index contributed by atoms with van der Waals surface area (Å²) in [7, 11) is 0. The van der Waals surface area contributed by atoms with E-state index in [2.05, 4.69) is 36.4 Å². The van der Waals surface area contributed by atoms with Gasteiger partial charge in [-0.2, -0.15) is 0 Å². The van der Waals surface area contributed by atoms with Gasteiger partial charge in [0.1, 0.15) is 5.78 Å². The highest BCUT2D eigenvalue weighted by molar-refractivity contribution is 5.81. The maximum absolute atomic E-state index is 11.6. The highest BCUT2D eigenvalue weighted by Gasteiger charge is 2.22. The van der Waals surface area contributed by atoms with Crippen molar-refractivity contribution in [2.75, 3.05) is 0 Å². The van der Waals surface area contributed by atoms with Crippen LogP contribution in [-0.4, -0.2) is 5.78 Å². The average molecular weight is 248 g/mol. The SMILES string of the molecule is CC(=O)CC1c2ccccc2C=Cc2ccccc21. The van der Waals surface area contributed by atoms with Crippen LogP contribution in [0.2, 0.25) is 0 Å². The minimum Gasteiger partial charge on any atom is -0.300 e. The Bertz CT molecular complexity index is 603. The number of benzene rings is 2. The molecule has 0 aliphatic heterocycles. The number of fused-ring (bicyclic) bond motifs is 2. The molecule has 0 spiro atoms. The van der Waals surface area contributed by atoms with E-state index in [0.29, 0.717) is 6.42 Å². The molecule has 3 rings (SSSR count). The molecule has 0 radical (unpaired) electrons. The van der Waals surface area contributed by atoms with Crippen LogP contribution >= 0.6 is 0 Å². The number of rotatable bonds is 2. The van der Waals surface area contributed by atoms with Crippen LogP contribution in [0.5, 0.6) is 0 Å². The molecule has 19 heavy (non-hydrogen) atoms. The van der Waals surface area contributed by atoms with E-state index in [1.807, 2.05) is 24.3 Å². The van der Waals surface area contributed by atoms with Crippen molar-refractivity contribution in [1.29, 1.82) is 0 Å². The summed E-state index contributed by atoms with van der Waals surface area (Å²) in [5, 5.41) is 0. The van der Waals surface area contributed by atoms with Crippen molar-refractivity contribution in [2.45, 2.75) is 19.3 Å². The van der Waals surface area contributed by atoms with Crippen molar-refractivity contribution in [3.63, 3.8) is 0 Å². The molecule has 1 aliphatic carbocycles. The molecule has 1 heteroatoms. The summed E-state index contributed by atoms with van der Waals surface area (Å²) in [6.45, 7) is 1.67. The molecule has 0 amide bonds. The van der Waals surface area contributed by atoms with Crippen LogP contribution in [0.3, 0.4) is 0 Å². The molecule has 0 unspecified atom stereocenters. The first-order valence-corrected chi connectivity index (χ1v) is 6.61. The third-order valence-corrected chi connectivity index (χ3v) is 3.68. The lowest BCUT2D eigenvalue weighted by Gasteiger charge is -2.19. The largest absolute Gasteiger partial charge is 0.300 e. The van der Waals surface area contributed by atoms with Crippen LogP contribution in [0.4, 0.5) is 0 Å². The Hall–Kier alpha value is -2.15. The lowest BCUT2D eigenvalue weighted by molar-refractivity contribution is -0.117. The van der Waals surface area contributed by atoms with Crippen molar-refractivity contribution in [2.24, 2.45) is 0 Å². The highest BCUT2D eigenvalue weighted by Crippen LogP contribution is 2.36. The van der Waals surface area contributed by atoms with Crippen molar-refractivity contribution < 1.29 is 4.79 Å². The quantitative estimate of drug-likeness (QED) is 0.775. The third kappa shape index (κ3) is 2.24.